The monoisotopic (exact) mass is 348 g/mol. The summed E-state index contributed by atoms with van der Waals surface area (Å²) in [4.78, 5) is 0. The van der Waals surface area contributed by atoms with Gasteiger partial charge in [-0.25, -0.2) is 0 Å². The molecule has 0 saturated heterocycles. The number of fused-ring (bicyclic) bond motifs is 1. The fourth-order valence-corrected chi connectivity index (χ4v) is 3.37. The van der Waals surface area contributed by atoms with E-state index in [0.29, 0.717) is 22.8 Å². The lowest BCUT2D eigenvalue weighted by atomic mass is 9.88. The van der Waals surface area contributed by atoms with Crippen molar-refractivity contribution in [3.05, 3.63) is 94.9 Å². The first-order chi connectivity index (χ1) is 12.2. The number of nitrogen functional groups attached to an aromatic ring is 1. The molecule has 4 aromatic rings. The van der Waals surface area contributed by atoms with E-state index in [1.54, 1.807) is 6.07 Å². The van der Waals surface area contributed by atoms with Gasteiger partial charge in [0.05, 0.1) is 10.7 Å². The molecule has 0 saturated carbocycles. The molecule has 0 radical (unpaired) electrons. The van der Waals surface area contributed by atoms with Gasteiger partial charge in [-0.1, -0.05) is 72.3 Å². The third-order valence-corrected chi connectivity index (χ3v) is 4.57. The lowest BCUT2D eigenvalue weighted by molar-refractivity contribution is 0.744. The zero-order valence-corrected chi connectivity index (χ0v) is 14.3. The number of anilines is 1. The maximum absolute atomic E-state index is 6.17. The summed E-state index contributed by atoms with van der Waals surface area (Å²) in [5.74, 6) is 1.01. The van der Waals surface area contributed by atoms with Gasteiger partial charge in [0.15, 0.2) is 5.65 Å². The molecule has 2 heterocycles. The molecule has 0 aliphatic rings. The fourth-order valence-electron chi connectivity index (χ4n) is 3.15. The van der Waals surface area contributed by atoms with Crippen molar-refractivity contribution in [2.24, 2.45) is 0 Å². The highest BCUT2D eigenvalue weighted by molar-refractivity contribution is 6.30. The summed E-state index contributed by atoms with van der Waals surface area (Å²) in [7, 11) is 0. The summed E-state index contributed by atoms with van der Waals surface area (Å²) in [6.07, 6.45) is 2.52. The highest BCUT2D eigenvalue weighted by Crippen LogP contribution is 2.29. The Morgan fingerprint density at radius 3 is 2.12 bits per heavy atom. The second kappa shape index (κ2) is 6.57. The van der Waals surface area contributed by atoms with Gasteiger partial charge >= 0.3 is 0 Å². The molecule has 0 atom stereocenters. The Balaban J connectivity index is 1.80. The van der Waals surface area contributed by atoms with Crippen molar-refractivity contribution in [1.82, 2.24) is 14.6 Å². The molecule has 2 N–H and O–H groups in total. The predicted molar refractivity (Wildman–Crippen MR) is 101 cm³/mol. The molecule has 2 aromatic carbocycles. The highest BCUT2D eigenvalue weighted by Gasteiger charge is 2.19. The number of benzene rings is 2. The number of rotatable bonds is 4. The maximum Gasteiger partial charge on any atom is 0.184 e. The second-order valence-corrected chi connectivity index (χ2v) is 6.44. The topological polar surface area (TPSA) is 56.2 Å². The van der Waals surface area contributed by atoms with Crippen molar-refractivity contribution >= 4 is 22.9 Å². The molecule has 0 bridgehead atoms. The Bertz CT molecular complexity index is 957. The van der Waals surface area contributed by atoms with Crippen LogP contribution in [0.2, 0.25) is 5.02 Å². The highest BCUT2D eigenvalue weighted by atomic mass is 35.5. The molecule has 25 heavy (non-hydrogen) atoms. The molecule has 4 rings (SSSR count). The van der Waals surface area contributed by atoms with E-state index in [2.05, 4.69) is 58.7 Å². The van der Waals surface area contributed by atoms with Gasteiger partial charge in [0.1, 0.15) is 5.82 Å². The van der Waals surface area contributed by atoms with Gasteiger partial charge in [0.2, 0.25) is 0 Å². The van der Waals surface area contributed by atoms with E-state index in [1.165, 1.54) is 11.1 Å². The Morgan fingerprint density at radius 1 is 0.920 bits per heavy atom. The quantitative estimate of drug-likeness (QED) is 0.597. The minimum atomic E-state index is 0.176. The van der Waals surface area contributed by atoms with Gasteiger partial charge in [-0.3, -0.25) is 4.40 Å². The van der Waals surface area contributed by atoms with E-state index >= 15 is 0 Å². The number of aromatic nitrogens is 3. The molecule has 5 heteroatoms. The van der Waals surface area contributed by atoms with Gasteiger partial charge < -0.3 is 5.73 Å². The van der Waals surface area contributed by atoms with E-state index < -0.39 is 0 Å². The van der Waals surface area contributed by atoms with Gasteiger partial charge in [0.25, 0.3) is 0 Å². The van der Waals surface area contributed by atoms with Crippen LogP contribution in [-0.4, -0.2) is 14.6 Å². The zero-order chi connectivity index (χ0) is 17.2. The van der Waals surface area contributed by atoms with Crippen LogP contribution in [0.5, 0.6) is 0 Å². The maximum atomic E-state index is 6.17. The van der Waals surface area contributed by atoms with Crippen LogP contribution in [0.25, 0.3) is 5.65 Å². The van der Waals surface area contributed by atoms with Crippen LogP contribution >= 0.6 is 11.6 Å². The van der Waals surface area contributed by atoms with Crippen LogP contribution in [0.3, 0.4) is 0 Å². The summed E-state index contributed by atoms with van der Waals surface area (Å²) in [5.41, 5.74) is 9.66. The van der Waals surface area contributed by atoms with Crippen molar-refractivity contribution in [3.8, 4) is 0 Å². The molecule has 4 nitrogen and oxygen atoms in total. The Hall–Kier alpha value is -2.85. The van der Waals surface area contributed by atoms with E-state index in [4.69, 9.17) is 17.3 Å². The molecule has 0 fully saturated rings. The molecule has 2 aromatic heterocycles. The first kappa shape index (κ1) is 15.7. The van der Waals surface area contributed by atoms with Crippen molar-refractivity contribution in [2.45, 2.75) is 12.3 Å². The van der Waals surface area contributed by atoms with Crippen LogP contribution in [-0.2, 0) is 6.42 Å². The zero-order valence-electron chi connectivity index (χ0n) is 13.5. The first-order valence-electron chi connectivity index (χ1n) is 8.11. The summed E-state index contributed by atoms with van der Waals surface area (Å²) in [5, 5.41) is 9.16. The summed E-state index contributed by atoms with van der Waals surface area (Å²) >= 11 is 6.17. The normalized spacial score (nSPS) is 11.3. The molecule has 0 aliphatic heterocycles. The standard InChI is InChI=1S/C20H17ClN4/c21-16-11-18(22)20-24-23-19(25(20)13-16)12-17(14-7-3-1-4-8-14)15-9-5-2-6-10-15/h1-11,13,17H,12,22H2. The molecule has 0 amide bonds. The van der Waals surface area contributed by atoms with Crippen molar-refractivity contribution in [2.75, 3.05) is 5.73 Å². The molecule has 124 valence electrons. The van der Waals surface area contributed by atoms with Crippen molar-refractivity contribution in [3.63, 3.8) is 0 Å². The molecule has 0 unspecified atom stereocenters. The van der Waals surface area contributed by atoms with Crippen LogP contribution in [0.1, 0.15) is 22.9 Å². The minimum Gasteiger partial charge on any atom is -0.396 e. The number of halogens is 1. The van der Waals surface area contributed by atoms with Gasteiger partial charge in [-0.2, -0.15) is 0 Å². The lowest BCUT2D eigenvalue weighted by Crippen LogP contribution is -2.08. The Morgan fingerprint density at radius 2 is 1.52 bits per heavy atom. The number of nitrogens with two attached hydrogens (primary N) is 1. The fraction of sp³-hybridized carbons (Fsp3) is 0.100. The third kappa shape index (κ3) is 3.08. The van der Waals surface area contributed by atoms with Gasteiger partial charge in [-0.05, 0) is 17.2 Å². The molecule has 0 spiro atoms. The number of pyridine rings is 1. The third-order valence-electron chi connectivity index (χ3n) is 4.36. The van der Waals surface area contributed by atoms with Crippen LogP contribution in [0, 0.1) is 0 Å². The van der Waals surface area contributed by atoms with E-state index in [0.717, 1.165) is 5.82 Å². The summed E-state index contributed by atoms with van der Waals surface area (Å²) in [6.45, 7) is 0. The van der Waals surface area contributed by atoms with Crippen molar-refractivity contribution in [1.29, 1.82) is 0 Å². The average molecular weight is 349 g/mol. The largest absolute Gasteiger partial charge is 0.396 e. The number of hydrogen-bond donors (Lipinski definition) is 1. The van der Waals surface area contributed by atoms with Crippen LogP contribution < -0.4 is 5.73 Å². The number of nitrogens with zero attached hydrogens (tertiary/aromatic N) is 3. The summed E-state index contributed by atoms with van der Waals surface area (Å²) < 4.78 is 1.89. The Kier molecular flexibility index (Phi) is 4.12. The SMILES string of the molecule is Nc1cc(Cl)cn2c(CC(c3ccccc3)c3ccccc3)nnc12. The molecular formula is C20H17ClN4. The average Bonchev–Trinajstić information content (AvgIpc) is 3.04. The van der Waals surface area contributed by atoms with Gasteiger partial charge in [-0.15, -0.1) is 10.2 Å². The minimum absolute atomic E-state index is 0.176. The van der Waals surface area contributed by atoms with Crippen LogP contribution in [0.15, 0.2) is 72.9 Å². The lowest BCUT2D eigenvalue weighted by Gasteiger charge is -2.17. The Labute approximate surface area is 150 Å². The molecule has 0 aliphatic carbocycles. The van der Waals surface area contributed by atoms with E-state index in [9.17, 15) is 0 Å². The summed E-state index contributed by atoms with van der Waals surface area (Å²) in [6, 6.07) is 22.5. The van der Waals surface area contributed by atoms with Crippen molar-refractivity contribution < 1.29 is 0 Å². The second-order valence-electron chi connectivity index (χ2n) is 6.00. The number of hydrogen-bond acceptors (Lipinski definition) is 3. The van der Waals surface area contributed by atoms with E-state index in [1.807, 2.05) is 22.7 Å². The first-order valence-corrected chi connectivity index (χ1v) is 8.48. The van der Waals surface area contributed by atoms with E-state index in [-0.39, 0.29) is 5.92 Å². The molecular weight excluding hydrogens is 332 g/mol. The smallest absolute Gasteiger partial charge is 0.184 e. The van der Waals surface area contributed by atoms with Gasteiger partial charge in [0, 0.05) is 18.5 Å². The predicted octanol–water partition coefficient (Wildman–Crippen LogP) is 4.34. The van der Waals surface area contributed by atoms with Crippen LogP contribution in [0.4, 0.5) is 5.69 Å².